The number of hydrogen-bond donors (Lipinski definition) is 0. The molecule has 0 saturated carbocycles. The number of likely N-dealkylation sites (tertiary alicyclic amines) is 2. The maximum absolute atomic E-state index is 13.7. The highest BCUT2D eigenvalue weighted by Crippen LogP contribution is 2.36. The lowest BCUT2D eigenvalue weighted by molar-refractivity contribution is 0.0780. The molecule has 2 aliphatic rings. The molecule has 33 heavy (non-hydrogen) atoms. The summed E-state index contributed by atoms with van der Waals surface area (Å²) in [6.45, 7) is 4.31. The first kappa shape index (κ1) is 22.2. The second kappa shape index (κ2) is 9.74. The van der Waals surface area contributed by atoms with Gasteiger partial charge in [-0.2, -0.15) is 11.3 Å². The number of hydrogen-bond acceptors (Lipinski definition) is 3. The molecule has 0 spiro atoms. The molecule has 1 aromatic heterocycles. The van der Waals surface area contributed by atoms with Crippen molar-refractivity contribution < 1.29 is 13.6 Å². The summed E-state index contributed by atoms with van der Waals surface area (Å²) in [6, 6.07) is 16.3. The van der Waals surface area contributed by atoms with Crippen LogP contribution in [0.1, 0.15) is 46.2 Å². The Morgan fingerprint density at radius 2 is 1.73 bits per heavy atom. The summed E-state index contributed by atoms with van der Waals surface area (Å²) in [5, 5.41) is 4.25. The fourth-order valence-corrected chi connectivity index (χ4v) is 6.13. The van der Waals surface area contributed by atoms with Gasteiger partial charge in [-0.25, -0.2) is 8.78 Å². The van der Waals surface area contributed by atoms with E-state index in [1.54, 1.807) is 11.3 Å². The third kappa shape index (κ3) is 4.87. The standard InChI is InChI=1S/C27H28F2N2OS/c28-25-7-6-21(14-26(25)29)27(32)31-16-23(24(17-31)22-10-13-33-18-22)15-30-11-8-20(9-12-30)19-4-2-1-3-5-19/h1-7,10,13-14,18,20,23-24H,8-9,11-12,15-17H2. The highest BCUT2D eigenvalue weighted by molar-refractivity contribution is 7.08. The molecule has 3 heterocycles. The average molecular weight is 467 g/mol. The van der Waals surface area contributed by atoms with Crippen molar-refractivity contribution in [2.45, 2.75) is 24.7 Å². The number of nitrogens with zero attached hydrogens (tertiary/aromatic N) is 2. The number of piperidine rings is 1. The SMILES string of the molecule is O=C(c1ccc(F)c(F)c1)N1CC(CN2CCC(c3ccccc3)CC2)C(c2ccsc2)C1. The zero-order valence-corrected chi connectivity index (χ0v) is 19.3. The number of carbonyl (C=O) groups excluding carboxylic acids is 1. The van der Waals surface area contributed by atoms with Gasteiger partial charge in [-0.15, -0.1) is 0 Å². The molecule has 0 radical (unpaired) electrons. The number of benzene rings is 2. The van der Waals surface area contributed by atoms with Gasteiger partial charge in [-0.05, 0) is 83.9 Å². The smallest absolute Gasteiger partial charge is 0.253 e. The molecule has 2 saturated heterocycles. The number of carbonyl (C=O) groups is 1. The molecule has 2 fully saturated rings. The van der Waals surface area contributed by atoms with Gasteiger partial charge in [0.05, 0.1) is 0 Å². The lowest BCUT2D eigenvalue weighted by Gasteiger charge is -2.34. The van der Waals surface area contributed by atoms with E-state index in [0.717, 1.165) is 44.6 Å². The van der Waals surface area contributed by atoms with Crippen LogP contribution in [0.4, 0.5) is 8.78 Å². The van der Waals surface area contributed by atoms with Gasteiger partial charge in [0.15, 0.2) is 11.6 Å². The minimum Gasteiger partial charge on any atom is -0.338 e. The van der Waals surface area contributed by atoms with Crippen LogP contribution in [0.15, 0.2) is 65.4 Å². The van der Waals surface area contributed by atoms with Gasteiger partial charge in [0.2, 0.25) is 0 Å². The molecule has 2 aromatic carbocycles. The van der Waals surface area contributed by atoms with E-state index in [4.69, 9.17) is 0 Å². The second-order valence-corrected chi connectivity index (χ2v) is 10.0. The van der Waals surface area contributed by atoms with Crippen LogP contribution in [-0.2, 0) is 0 Å². The lowest BCUT2D eigenvalue weighted by Crippen LogP contribution is -2.38. The van der Waals surface area contributed by atoms with Crippen LogP contribution < -0.4 is 0 Å². The van der Waals surface area contributed by atoms with Crippen LogP contribution in [0.3, 0.4) is 0 Å². The molecule has 0 aliphatic carbocycles. The van der Waals surface area contributed by atoms with E-state index in [1.807, 2.05) is 4.90 Å². The van der Waals surface area contributed by atoms with Crippen molar-refractivity contribution >= 4 is 17.2 Å². The van der Waals surface area contributed by atoms with Gasteiger partial charge >= 0.3 is 0 Å². The Morgan fingerprint density at radius 3 is 2.42 bits per heavy atom. The maximum atomic E-state index is 13.7. The van der Waals surface area contributed by atoms with Crippen molar-refractivity contribution in [2.24, 2.45) is 5.92 Å². The highest BCUT2D eigenvalue weighted by Gasteiger charge is 2.38. The molecule has 0 N–H and O–H groups in total. The van der Waals surface area contributed by atoms with Crippen molar-refractivity contribution in [1.82, 2.24) is 9.80 Å². The second-order valence-electron chi connectivity index (χ2n) is 9.25. The van der Waals surface area contributed by atoms with Crippen LogP contribution >= 0.6 is 11.3 Å². The van der Waals surface area contributed by atoms with Crippen LogP contribution in [0.25, 0.3) is 0 Å². The Morgan fingerprint density at radius 1 is 0.939 bits per heavy atom. The van der Waals surface area contributed by atoms with E-state index in [2.05, 4.69) is 52.1 Å². The number of amides is 1. The monoisotopic (exact) mass is 466 g/mol. The van der Waals surface area contributed by atoms with Crippen LogP contribution in [0.5, 0.6) is 0 Å². The molecule has 2 unspecified atom stereocenters. The van der Waals surface area contributed by atoms with E-state index in [0.29, 0.717) is 24.9 Å². The van der Waals surface area contributed by atoms with Crippen molar-refractivity contribution in [3.8, 4) is 0 Å². The highest BCUT2D eigenvalue weighted by atomic mass is 32.1. The summed E-state index contributed by atoms with van der Waals surface area (Å²) in [4.78, 5) is 17.4. The summed E-state index contributed by atoms with van der Waals surface area (Å²) < 4.78 is 27.1. The normalized spacial score (nSPS) is 22.1. The van der Waals surface area contributed by atoms with Gasteiger partial charge in [0.1, 0.15) is 0 Å². The van der Waals surface area contributed by atoms with Gasteiger partial charge in [0, 0.05) is 31.1 Å². The Balaban J connectivity index is 1.27. The Kier molecular flexibility index (Phi) is 6.56. The fourth-order valence-electron chi connectivity index (χ4n) is 5.40. The largest absolute Gasteiger partial charge is 0.338 e. The topological polar surface area (TPSA) is 23.6 Å². The number of rotatable bonds is 5. The number of thiophene rings is 1. The zero-order valence-electron chi connectivity index (χ0n) is 18.5. The molecule has 2 atom stereocenters. The van der Waals surface area contributed by atoms with Crippen molar-refractivity contribution in [3.63, 3.8) is 0 Å². The molecule has 2 aliphatic heterocycles. The third-order valence-corrected chi connectivity index (χ3v) is 7.92. The molecule has 6 heteroatoms. The van der Waals surface area contributed by atoms with E-state index < -0.39 is 11.6 Å². The lowest BCUT2D eigenvalue weighted by atomic mass is 9.87. The van der Waals surface area contributed by atoms with Gasteiger partial charge in [-0.3, -0.25) is 4.79 Å². The minimum absolute atomic E-state index is 0.210. The average Bonchev–Trinajstić information content (AvgIpc) is 3.52. The summed E-state index contributed by atoms with van der Waals surface area (Å²) >= 11 is 1.67. The van der Waals surface area contributed by atoms with Crippen molar-refractivity contribution in [3.05, 3.63) is 93.7 Å². The molecule has 5 rings (SSSR count). The Bertz CT molecular complexity index is 1080. The third-order valence-electron chi connectivity index (χ3n) is 7.22. The minimum atomic E-state index is -0.979. The molecule has 172 valence electrons. The summed E-state index contributed by atoms with van der Waals surface area (Å²) in [7, 11) is 0. The Hall–Kier alpha value is -2.57. The predicted octanol–water partition coefficient (Wildman–Crippen LogP) is 5.76. The first-order valence-corrected chi connectivity index (χ1v) is 12.6. The summed E-state index contributed by atoms with van der Waals surface area (Å²) in [5.74, 6) is -0.933. The maximum Gasteiger partial charge on any atom is 0.253 e. The number of halogens is 2. The molecule has 3 aromatic rings. The molecule has 1 amide bonds. The van der Waals surface area contributed by atoms with E-state index >= 15 is 0 Å². The molecular weight excluding hydrogens is 438 g/mol. The molecular formula is C27H28F2N2OS. The van der Waals surface area contributed by atoms with E-state index in [9.17, 15) is 13.6 Å². The predicted molar refractivity (Wildman–Crippen MR) is 128 cm³/mol. The van der Waals surface area contributed by atoms with Gasteiger partial charge in [0.25, 0.3) is 5.91 Å². The quantitative estimate of drug-likeness (QED) is 0.477. The van der Waals surface area contributed by atoms with Gasteiger partial charge in [-0.1, -0.05) is 30.3 Å². The molecule has 0 bridgehead atoms. The van der Waals surface area contributed by atoms with Crippen molar-refractivity contribution in [1.29, 1.82) is 0 Å². The van der Waals surface area contributed by atoms with E-state index in [1.165, 1.54) is 17.2 Å². The van der Waals surface area contributed by atoms with Crippen molar-refractivity contribution in [2.75, 3.05) is 32.7 Å². The van der Waals surface area contributed by atoms with Crippen LogP contribution in [0, 0.1) is 17.6 Å². The summed E-state index contributed by atoms with van der Waals surface area (Å²) in [6.07, 6.45) is 2.30. The fraction of sp³-hybridized carbons (Fsp3) is 0.370. The summed E-state index contributed by atoms with van der Waals surface area (Å²) in [5.41, 5.74) is 2.91. The van der Waals surface area contributed by atoms with Crippen LogP contribution in [-0.4, -0.2) is 48.4 Å². The van der Waals surface area contributed by atoms with E-state index in [-0.39, 0.29) is 17.4 Å². The molecule has 3 nitrogen and oxygen atoms in total. The first-order valence-electron chi connectivity index (χ1n) is 11.6. The zero-order chi connectivity index (χ0) is 22.8. The first-order chi connectivity index (χ1) is 16.1. The van der Waals surface area contributed by atoms with Crippen LogP contribution in [0.2, 0.25) is 0 Å². The van der Waals surface area contributed by atoms with Gasteiger partial charge < -0.3 is 9.80 Å². The Labute approximate surface area is 197 Å².